The van der Waals surface area contributed by atoms with Gasteiger partial charge in [0.15, 0.2) is 21.3 Å². The summed E-state index contributed by atoms with van der Waals surface area (Å²) < 4.78 is 33.3. The van der Waals surface area contributed by atoms with Gasteiger partial charge in [-0.2, -0.15) is 0 Å². The van der Waals surface area contributed by atoms with Gasteiger partial charge in [0.05, 0.1) is 4.90 Å². The Morgan fingerprint density at radius 1 is 1.40 bits per heavy atom. The van der Waals surface area contributed by atoms with Crippen molar-refractivity contribution in [1.29, 1.82) is 0 Å². The highest BCUT2D eigenvalue weighted by Gasteiger charge is 2.19. The molecule has 1 aromatic carbocycles. The predicted octanol–water partition coefficient (Wildman–Crippen LogP) is 1.06. The van der Waals surface area contributed by atoms with E-state index in [1.807, 2.05) is 0 Å². The molecule has 1 heterocycles. The lowest BCUT2D eigenvalue weighted by molar-refractivity contribution is 0.120. The topological polar surface area (TPSA) is 52.6 Å². The van der Waals surface area contributed by atoms with Gasteiger partial charge in [-0.15, -0.1) is 0 Å². The molecule has 1 aliphatic heterocycles. The molecule has 0 spiro atoms. The first-order valence-electron chi connectivity index (χ1n) is 4.43. The highest BCUT2D eigenvalue weighted by Crippen LogP contribution is 2.33. The van der Waals surface area contributed by atoms with Gasteiger partial charge in [0, 0.05) is 12.3 Å². The number of hydrogen-bond donors (Lipinski definition) is 0. The van der Waals surface area contributed by atoms with Gasteiger partial charge in [-0.1, -0.05) is 0 Å². The monoisotopic (exact) mass is 227 g/mol. The number of ether oxygens (including phenoxy) is 2. The normalized spacial score (nSPS) is 20.0. The van der Waals surface area contributed by atoms with Crippen LogP contribution in [0.5, 0.6) is 11.5 Å². The predicted molar refractivity (Wildman–Crippen MR) is 54.8 cm³/mol. The SMILES string of the molecule is [CH2][C@@H]1COc2ccc(S(C)(=O)=O)cc2O1. The fourth-order valence-electron chi connectivity index (χ4n) is 1.33. The summed E-state index contributed by atoms with van der Waals surface area (Å²) >= 11 is 0. The summed E-state index contributed by atoms with van der Waals surface area (Å²) in [5.41, 5.74) is 0. The Balaban J connectivity index is 2.46. The number of sulfone groups is 1. The van der Waals surface area contributed by atoms with Crippen LogP contribution in [0.4, 0.5) is 0 Å². The van der Waals surface area contributed by atoms with Crippen LogP contribution in [0.1, 0.15) is 0 Å². The van der Waals surface area contributed by atoms with Gasteiger partial charge >= 0.3 is 0 Å². The number of fused-ring (bicyclic) bond motifs is 1. The first-order valence-corrected chi connectivity index (χ1v) is 6.32. The summed E-state index contributed by atoms with van der Waals surface area (Å²) in [5, 5.41) is 0. The maximum Gasteiger partial charge on any atom is 0.175 e. The molecule has 1 aliphatic rings. The van der Waals surface area contributed by atoms with Crippen molar-refractivity contribution >= 4 is 9.84 Å². The standard InChI is InChI=1S/C10H11O4S/c1-7-6-13-9-4-3-8(15(2,11)12)5-10(9)14-7/h3-5,7H,1,6H2,2H3/t7-/m1/s1. The molecule has 0 N–H and O–H groups in total. The van der Waals surface area contributed by atoms with E-state index in [2.05, 4.69) is 6.92 Å². The molecule has 0 amide bonds. The van der Waals surface area contributed by atoms with Crippen LogP contribution in [0.3, 0.4) is 0 Å². The highest BCUT2D eigenvalue weighted by atomic mass is 32.2. The van der Waals surface area contributed by atoms with Crippen molar-refractivity contribution in [2.45, 2.75) is 11.0 Å². The Labute approximate surface area is 88.7 Å². The lowest BCUT2D eigenvalue weighted by atomic mass is 10.3. The molecule has 0 bridgehead atoms. The molecule has 1 atom stereocenters. The van der Waals surface area contributed by atoms with Gasteiger partial charge < -0.3 is 9.47 Å². The second-order valence-electron chi connectivity index (χ2n) is 3.43. The molecule has 15 heavy (non-hydrogen) atoms. The maximum absolute atomic E-state index is 11.3. The average Bonchev–Trinajstić information content (AvgIpc) is 2.15. The van der Waals surface area contributed by atoms with E-state index in [1.165, 1.54) is 12.1 Å². The van der Waals surface area contributed by atoms with E-state index in [-0.39, 0.29) is 11.0 Å². The van der Waals surface area contributed by atoms with Crippen LogP contribution in [0.15, 0.2) is 23.1 Å². The summed E-state index contributed by atoms with van der Waals surface area (Å²) in [7, 11) is -3.21. The molecule has 0 aliphatic carbocycles. The molecule has 81 valence electrons. The second kappa shape index (κ2) is 3.41. The molecular formula is C10H11O4S. The van der Waals surface area contributed by atoms with Crippen LogP contribution in [-0.2, 0) is 9.84 Å². The average molecular weight is 227 g/mol. The summed E-state index contributed by atoms with van der Waals surface area (Å²) in [6.07, 6.45) is 0.854. The third kappa shape index (κ3) is 2.07. The zero-order valence-electron chi connectivity index (χ0n) is 8.26. The molecule has 0 unspecified atom stereocenters. The van der Waals surface area contributed by atoms with Crippen molar-refractivity contribution in [2.24, 2.45) is 0 Å². The van der Waals surface area contributed by atoms with Gasteiger partial charge in [0.25, 0.3) is 0 Å². The van der Waals surface area contributed by atoms with E-state index >= 15 is 0 Å². The Hall–Kier alpha value is -1.23. The largest absolute Gasteiger partial charge is 0.486 e. The van der Waals surface area contributed by atoms with Crippen molar-refractivity contribution in [3.8, 4) is 11.5 Å². The minimum absolute atomic E-state index is 0.221. The Bertz CT molecular complexity index is 478. The molecule has 0 aromatic heterocycles. The van der Waals surface area contributed by atoms with Gasteiger partial charge in [0.2, 0.25) is 0 Å². The highest BCUT2D eigenvalue weighted by molar-refractivity contribution is 7.90. The molecule has 0 saturated heterocycles. The van der Waals surface area contributed by atoms with E-state index in [4.69, 9.17) is 9.47 Å². The van der Waals surface area contributed by atoms with E-state index in [0.717, 1.165) is 6.26 Å². The van der Waals surface area contributed by atoms with Crippen LogP contribution < -0.4 is 9.47 Å². The zero-order valence-corrected chi connectivity index (χ0v) is 9.08. The van der Waals surface area contributed by atoms with Gasteiger partial charge in [-0.3, -0.25) is 0 Å². The number of benzene rings is 1. The summed E-state index contributed by atoms with van der Waals surface area (Å²) in [6.45, 7) is 4.07. The first kappa shape index (κ1) is 10.3. The van der Waals surface area contributed by atoms with Crippen LogP contribution in [0.2, 0.25) is 0 Å². The summed E-state index contributed by atoms with van der Waals surface area (Å²) in [6, 6.07) is 4.56. The minimum atomic E-state index is -3.21. The van der Waals surface area contributed by atoms with Crippen molar-refractivity contribution < 1.29 is 17.9 Å². The molecule has 4 nitrogen and oxygen atoms in total. The van der Waals surface area contributed by atoms with Crippen LogP contribution in [0.25, 0.3) is 0 Å². The Morgan fingerprint density at radius 3 is 2.80 bits per heavy atom. The molecule has 5 heteroatoms. The van der Waals surface area contributed by atoms with Gasteiger partial charge in [-0.25, -0.2) is 8.42 Å². The third-order valence-corrected chi connectivity index (χ3v) is 3.17. The summed E-state index contributed by atoms with van der Waals surface area (Å²) in [4.78, 5) is 0.221. The second-order valence-corrected chi connectivity index (χ2v) is 5.45. The van der Waals surface area contributed by atoms with Crippen molar-refractivity contribution in [3.63, 3.8) is 0 Å². The fourth-order valence-corrected chi connectivity index (χ4v) is 1.96. The smallest absolute Gasteiger partial charge is 0.175 e. The summed E-state index contributed by atoms with van der Waals surface area (Å²) in [5.74, 6) is 0.992. The lowest BCUT2D eigenvalue weighted by Gasteiger charge is -2.23. The molecule has 1 aromatic rings. The van der Waals surface area contributed by atoms with Crippen LogP contribution in [0, 0.1) is 6.92 Å². The molecule has 0 fully saturated rings. The lowest BCUT2D eigenvalue weighted by Crippen LogP contribution is -2.26. The Morgan fingerprint density at radius 2 is 2.13 bits per heavy atom. The van der Waals surface area contributed by atoms with Crippen LogP contribution in [-0.4, -0.2) is 27.4 Å². The third-order valence-electron chi connectivity index (χ3n) is 2.06. The van der Waals surface area contributed by atoms with E-state index in [9.17, 15) is 8.42 Å². The van der Waals surface area contributed by atoms with Crippen molar-refractivity contribution in [2.75, 3.05) is 12.9 Å². The molecular weight excluding hydrogens is 216 g/mol. The van der Waals surface area contributed by atoms with E-state index < -0.39 is 9.84 Å². The van der Waals surface area contributed by atoms with E-state index in [1.54, 1.807) is 6.07 Å². The minimum Gasteiger partial charge on any atom is -0.486 e. The number of rotatable bonds is 1. The van der Waals surface area contributed by atoms with E-state index in [0.29, 0.717) is 18.1 Å². The number of hydrogen-bond acceptors (Lipinski definition) is 4. The zero-order chi connectivity index (χ0) is 11.1. The molecule has 0 saturated carbocycles. The quantitative estimate of drug-likeness (QED) is 0.720. The van der Waals surface area contributed by atoms with Crippen molar-refractivity contribution in [1.82, 2.24) is 0 Å². The van der Waals surface area contributed by atoms with Crippen LogP contribution >= 0.6 is 0 Å². The molecule has 1 radical (unpaired) electrons. The van der Waals surface area contributed by atoms with Crippen molar-refractivity contribution in [3.05, 3.63) is 25.1 Å². The Kier molecular flexibility index (Phi) is 2.34. The maximum atomic E-state index is 11.3. The fraction of sp³-hybridized carbons (Fsp3) is 0.300. The van der Waals surface area contributed by atoms with Gasteiger partial charge in [0.1, 0.15) is 12.7 Å². The molecule has 2 rings (SSSR count). The van der Waals surface area contributed by atoms with Gasteiger partial charge in [-0.05, 0) is 19.1 Å². The first-order chi connectivity index (χ1) is 6.97.